The zero-order valence-electron chi connectivity index (χ0n) is 11.2. The number of rotatable bonds is 3. The van der Waals surface area contributed by atoms with Crippen LogP contribution in [0.3, 0.4) is 0 Å². The van der Waals surface area contributed by atoms with Crippen molar-refractivity contribution in [3.63, 3.8) is 0 Å². The molecule has 0 bridgehead atoms. The van der Waals surface area contributed by atoms with Gasteiger partial charge in [-0.05, 0) is 26.8 Å². The lowest BCUT2D eigenvalue weighted by Gasteiger charge is -2.10. The van der Waals surface area contributed by atoms with Crippen LogP contribution in [0.1, 0.15) is 17.1 Å². The van der Waals surface area contributed by atoms with E-state index < -0.39 is 0 Å². The van der Waals surface area contributed by atoms with Gasteiger partial charge in [0.1, 0.15) is 17.5 Å². The zero-order chi connectivity index (χ0) is 14.0. The first-order valence-electron chi connectivity index (χ1n) is 5.81. The number of aryl methyl sites for hydroxylation is 2. The lowest BCUT2D eigenvalue weighted by atomic mass is 10.2. The molecular formula is C12H15FN6. The molecule has 0 fully saturated rings. The van der Waals surface area contributed by atoms with E-state index in [-0.39, 0.29) is 5.82 Å². The third-order valence-electron chi connectivity index (χ3n) is 2.54. The second-order valence-corrected chi connectivity index (χ2v) is 4.12. The fraction of sp³-hybridized carbons (Fsp3) is 0.333. The Hall–Kier alpha value is -2.31. The number of hydrogen-bond acceptors (Lipinski definition) is 6. The zero-order valence-corrected chi connectivity index (χ0v) is 11.2. The van der Waals surface area contributed by atoms with Crippen LogP contribution in [0, 0.1) is 26.6 Å². The van der Waals surface area contributed by atoms with Gasteiger partial charge >= 0.3 is 0 Å². The van der Waals surface area contributed by atoms with Crippen LogP contribution >= 0.6 is 0 Å². The molecular weight excluding hydrogens is 247 g/mol. The first-order valence-corrected chi connectivity index (χ1v) is 5.81. The van der Waals surface area contributed by atoms with Crippen molar-refractivity contribution in [1.82, 2.24) is 19.9 Å². The Labute approximate surface area is 110 Å². The minimum Gasteiger partial charge on any atom is -0.357 e. The number of nitrogens with zero attached hydrogens (tertiary/aromatic N) is 4. The minimum atomic E-state index is -0.311. The van der Waals surface area contributed by atoms with Crippen molar-refractivity contribution in [1.29, 1.82) is 0 Å². The average molecular weight is 262 g/mol. The second-order valence-electron chi connectivity index (χ2n) is 4.12. The Kier molecular flexibility index (Phi) is 3.55. The molecule has 100 valence electrons. The van der Waals surface area contributed by atoms with Crippen molar-refractivity contribution < 1.29 is 4.39 Å². The van der Waals surface area contributed by atoms with Crippen molar-refractivity contribution in [2.45, 2.75) is 20.8 Å². The van der Waals surface area contributed by atoms with Crippen LogP contribution in [0.25, 0.3) is 0 Å². The summed E-state index contributed by atoms with van der Waals surface area (Å²) in [7, 11) is 1.72. The summed E-state index contributed by atoms with van der Waals surface area (Å²) in [5, 5.41) is 5.75. The number of pyridine rings is 1. The van der Waals surface area contributed by atoms with Crippen molar-refractivity contribution in [2.75, 3.05) is 17.7 Å². The number of anilines is 3. The molecule has 7 heteroatoms. The van der Waals surface area contributed by atoms with Gasteiger partial charge in [-0.1, -0.05) is 0 Å². The second kappa shape index (κ2) is 5.13. The summed E-state index contributed by atoms with van der Waals surface area (Å²) in [5.74, 6) is 1.44. The van der Waals surface area contributed by atoms with Crippen LogP contribution in [-0.4, -0.2) is 27.0 Å². The highest BCUT2D eigenvalue weighted by Gasteiger charge is 2.10. The predicted molar refractivity (Wildman–Crippen MR) is 71.1 cm³/mol. The highest BCUT2D eigenvalue weighted by Crippen LogP contribution is 2.19. The lowest BCUT2D eigenvalue weighted by molar-refractivity contribution is 0.615. The van der Waals surface area contributed by atoms with Crippen LogP contribution < -0.4 is 10.6 Å². The molecule has 2 aromatic rings. The van der Waals surface area contributed by atoms with Crippen molar-refractivity contribution in [2.24, 2.45) is 0 Å². The standard InChI is InChI=1S/C12H15FN6/c1-6-5-9(13)7(2)10(15-6)18-12-17-8(3)16-11(14-4)19-12/h5H,1-4H3,(H2,14,15,16,17,18,19). The van der Waals surface area contributed by atoms with Gasteiger partial charge < -0.3 is 10.6 Å². The monoisotopic (exact) mass is 262 g/mol. The largest absolute Gasteiger partial charge is 0.357 e. The van der Waals surface area contributed by atoms with E-state index in [4.69, 9.17) is 0 Å². The Balaban J connectivity index is 2.38. The van der Waals surface area contributed by atoms with Crippen LogP contribution in [0.4, 0.5) is 22.1 Å². The molecule has 0 aliphatic carbocycles. The van der Waals surface area contributed by atoms with E-state index in [1.165, 1.54) is 6.07 Å². The molecule has 0 amide bonds. The summed E-state index contributed by atoms with van der Waals surface area (Å²) in [6.07, 6.45) is 0. The normalized spacial score (nSPS) is 10.4. The number of aromatic nitrogens is 4. The molecule has 0 spiro atoms. The van der Waals surface area contributed by atoms with Gasteiger partial charge in [-0.2, -0.15) is 15.0 Å². The minimum absolute atomic E-state index is 0.311. The summed E-state index contributed by atoms with van der Waals surface area (Å²) < 4.78 is 13.6. The third kappa shape index (κ3) is 2.93. The van der Waals surface area contributed by atoms with Gasteiger partial charge in [0.15, 0.2) is 0 Å². The van der Waals surface area contributed by atoms with Crippen LogP contribution in [0.15, 0.2) is 6.07 Å². The average Bonchev–Trinajstić information content (AvgIpc) is 2.34. The van der Waals surface area contributed by atoms with Gasteiger partial charge in [-0.25, -0.2) is 9.37 Å². The fourth-order valence-electron chi connectivity index (χ4n) is 1.57. The van der Waals surface area contributed by atoms with E-state index >= 15 is 0 Å². The molecule has 0 saturated heterocycles. The van der Waals surface area contributed by atoms with E-state index in [1.807, 2.05) is 0 Å². The molecule has 2 aromatic heterocycles. The smallest absolute Gasteiger partial charge is 0.233 e. The van der Waals surface area contributed by atoms with Crippen LogP contribution in [0.5, 0.6) is 0 Å². The maximum atomic E-state index is 13.6. The van der Waals surface area contributed by atoms with Crippen molar-refractivity contribution in [3.05, 3.63) is 29.0 Å². The Morgan fingerprint density at radius 2 is 1.68 bits per heavy atom. The quantitative estimate of drug-likeness (QED) is 0.882. The predicted octanol–water partition coefficient (Wildman–Crippen LogP) is 2.12. The molecule has 0 aliphatic rings. The summed E-state index contributed by atoms with van der Waals surface area (Å²) in [6, 6.07) is 1.39. The van der Waals surface area contributed by atoms with Crippen molar-refractivity contribution in [3.8, 4) is 0 Å². The van der Waals surface area contributed by atoms with E-state index in [0.717, 1.165) is 0 Å². The molecule has 0 radical (unpaired) electrons. The van der Waals surface area contributed by atoms with Gasteiger partial charge in [-0.3, -0.25) is 0 Å². The SMILES string of the molecule is CNc1nc(C)nc(Nc2nc(C)cc(F)c2C)n1. The first kappa shape index (κ1) is 13.1. The molecule has 2 N–H and O–H groups in total. The summed E-state index contributed by atoms with van der Waals surface area (Å²) in [5.41, 5.74) is 1.01. The van der Waals surface area contributed by atoms with E-state index in [0.29, 0.717) is 34.8 Å². The summed E-state index contributed by atoms with van der Waals surface area (Å²) >= 11 is 0. The van der Waals surface area contributed by atoms with Gasteiger partial charge in [0.25, 0.3) is 0 Å². The molecule has 2 rings (SSSR count). The Bertz CT molecular complexity index is 613. The molecule has 0 atom stereocenters. The highest BCUT2D eigenvalue weighted by atomic mass is 19.1. The molecule has 0 aliphatic heterocycles. The van der Waals surface area contributed by atoms with E-state index in [9.17, 15) is 4.39 Å². The summed E-state index contributed by atoms with van der Waals surface area (Å²) in [4.78, 5) is 16.6. The maximum absolute atomic E-state index is 13.6. The number of halogens is 1. The van der Waals surface area contributed by atoms with Crippen LogP contribution in [-0.2, 0) is 0 Å². The van der Waals surface area contributed by atoms with Crippen LogP contribution in [0.2, 0.25) is 0 Å². The van der Waals surface area contributed by atoms with E-state index in [2.05, 4.69) is 30.6 Å². The number of hydrogen-bond donors (Lipinski definition) is 2. The first-order chi connectivity index (χ1) is 8.99. The summed E-state index contributed by atoms with van der Waals surface area (Å²) in [6.45, 7) is 5.13. The molecule has 2 heterocycles. The Morgan fingerprint density at radius 3 is 2.37 bits per heavy atom. The highest BCUT2D eigenvalue weighted by molar-refractivity contribution is 5.54. The maximum Gasteiger partial charge on any atom is 0.233 e. The van der Waals surface area contributed by atoms with Gasteiger partial charge in [-0.15, -0.1) is 0 Å². The fourth-order valence-corrected chi connectivity index (χ4v) is 1.57. The molecule has 0 unspecified atom stereocenters. The van der Waals surface area contributed by atoms with Gasteiger partial charge in [0.2, 0.25) is 11.9 Å². The molecule has 0 aromatic carbocycles. The molecule has 19 heavy (non-hydrogen) atoms. The number of nitrogens with one attached hydrogen (secondary N) is 2. The van der Waals surface area contributed by atoms with Crippen molar-refractivity contribution >= 4 is 17.7 Å². The molecule has 6 nitrogen and oxygen atoms in total. The lowest BCUT2D eigenvalue weighted by Crippen LogP contribution is -2.07. The molecule has 0 saturated carbocycles. The Morgan fingerprint density at radius 1 is 1.00 bits per heavy atom. The van der Waals surface area contributed by atoms with Gasteiger partial charge in [0, 0.05) is 18.3 Å². The van der Waals surface area contributed by atoms with E-state index in [1.54, 1.807) is 27.8 Å². The van der Waals surface area contributed by atoms with Gasteiger partial charge in [0.05, 0.1) is 0 Å². The third-order valence-corrected chi connectivity index (χ3v) is 2.54. The topological polar surface area (TPSA) is 75.6 Å².